The van der Waals surface area contributed by atoms with Gasteiger partial charge in [-0.1, -0.05) is 61.5 Å². The second-order valence-corrected chi connectivity index (χ2v) is 9.97. The molecule has 1 saturated heterocycles. The predicted octanol–water partition coefficient (Wildman–Crippen LogP) is 6.36. The van der Waals surface area contributed by atoms with E-state index in [4.69, 9.17) is 23.2 Å². The zero-order chi connectivity index (χ0) is 20.8. The maximum Gasteiger partial charge on any atom is 0.0640 e. The van der Waals surface area contributed by atoms with E-state index in [-0.39, 0.29) is 6.04 Å². The van der Waals surface area contributed by atoms with Crippen LogP contribution in [0.1, 0.15) is 76.8 Å². The Morgan fingerprint density at radius 1 is 1.10 bits per heavy atom. The molecule has 1 aliphatic heterocycles. The summed E-state index contributed by atoms with van der Waals surface area (Å²) < 4.78 is 0. The second kappa shape index (κ2) is 11.3. The third-order valence-electron chi connectivity index (χ3n) is 7.06. The monoisotopic (exact) mass is 439 g/mol. The first kappa shape index (κ1) is 23.3. The molecule has 0 radical (unpaired) electrons. The van der Waals surface area contributed by atoms with Crippen molar-refractivity contribution in [2.45, 2.75) is 83.5 Å². The van der Waals surface area contributed by atoms with E-state index < -0.39 is 0 Å². The average molecular weight is 441 g/mol. The zero-order valence-electron chi connectivity index (χ0n) is 18.5. The van der Waals surface area contributed by atoms with E-state index in [1.165, 1.54) is 64.6 Å². The van der Waals surface area contributed by atoms with Crippen LogP contribution < -0.4 is 5.32 Å². The van der Waals surface area contributed by atoms with Crippen LogP contribution in [0.25, 0.3) is 0 Å². The van der Waals surface area contributed by atoms with Crippen molar-refractivity contribution in [1.82, 2.24) is 15.1 Å². The summed E-state index contributed by atoms with van der Waals surface area (Å²) in [5.74, 6) is 0.850. The maximum absolute atomic E-state index is 6.56. The van der Waals surface area contributed by atoms with E-state index in [0.717, 1.165) is 17.9 Å². The molecule has 1 aromatic carbocycles. The van der Waals surface area contributed by atoms with Gasteiger partial charge in [0.2, 0.25) is 0 Å². The number of likely N-dealkylation sites (tertiary alicyclic amines) is 1. The first-order valence-electron chi connectivity index (χ1n) is 11.6. The first-order chi connectivity index (χ1) is 14.0. The van der Waals surface area contributed by atoms with Crippen molar-refractivity contribution in [2.75, 3.05) is 26.7 Å². The molecular formula is C24H39Cl2N3. The van der Waals surface area contributed by atoms with Crippen LogP contribution in [-0.2, 0) is 0 Å². The molecule has 2 fully saturated rings. The van der Waals surface area contributed by atoms with Gasteiger partial charge in [-0.3, -0.25) is 10.2 Å². The quantitative estimate of drug-likeness (QED) is 0.475. The van der Waals surface area contributed by atoms with Crippen molar-refractivity contribution < 1.29 is 0 Å². The fourth-order valence-electron chi connectivity index (χ4n) is 5.22. The molecule has 2 atom stereocenters. The molecule has 1 aliphatic carbocycles. The number of nitrogens with one attached hydrogen (secondary N) is 1. The van der Waals surface area contributed by atoms with Gasteiger partial charge in [-0.2, -0.15) is 0 Å². The summed E-state index contributed by atoms with van der Waals surface area (Å²) in [7, 11) is 2.25. The smallest absolute Gasteiger partial charge is 0.0640 e. The molecule has 1 heterocycles. The summed E-state index contributed by atoms with van der Waals surface area (Å²) in [6.45, 7) is 8.21. The Labute approximate surface area is 188 Å². The molecule has 0 amide bonds. The number of piperidine rings is 1. The minimum Gasteiger partial charge on any atom is -0.306 e. The topological polar surface area (TPSA) is 18.5 Å². The van der Waals surface area contributed by atoms with Gasteiger partial charge in [0.05, 0.1) is 16.2 Å². The number of hydrogen-bond acceptors (Lipinski definition) is 3. The van der Waals surface area contributed by atoms with Gasteiger partial charge in [0, 0.05) is 18.6 Å². The van der Waals surface area contributed by atoms with Crippen molar-refractivity contribution in [3.8, 4) is 0 Å². The lowest BCUT2D eigenvalue weighted by Gasteiger charge is -2.44. The highest BCUT2D eigenvalue weighted by Crippen LogP contribution is 2.33. The Hall–Kier alpha value is -0.320. The Balaban J connectivity index is 1.73. The highest BCUT2D eigenvalue weighted by molar-refractivity contribution is 6.42. The molecule has 0 bridgehead atoms. The second-order valence-electron chi connectivity index (χ2n) is 9.18. The third-order valence-corrected chi connectivity index (χ3v) is 7.89. The lowest BCUT2D eigenvalue weighted by molar-refractivity contribution is 0.0468. The lowest BCUT2D eigenvalue weighted by atomic mass is 9.88. The Morgan fingerprint density at radius 3 is 2.45 bits per heavy atom. The Bertz CT molecular complexity index is 625. The number of rotatable bonds is 8. The van der Waals surface area contributed by atoms with Crippen molar-refractivity contribution >= 4 is 23.2 Å². The molecule has 0 spiro atoms. The normalized spacial score (nSPS) is 22.1. The molecule has 2 aliphatic rings. The maximum atomic E-state index is 6.56. The molecule has 0 aromatic heterocycles. The molecule has 164 valence electrons. The Kier molecular flexibility index (Phi) is 9.13. The molecule has 1 aromatic rings. The molecule has 3 nitrogen and oxygen atoms in total. The molecule has 29 heavy (non-hydrogen) atoms. The summed E-state index contributed by atoms with van der Waals surface area (Å²) in [4.78, 5) is 5.25. The van der Waals surface area contributed by atoms with Gasteiger partial charge in [0.15, 0.2) is 0 Å². The predicted molar refractivity (Wildman–Crippen MR) is 126 cm³/mol. The van der Waals surface area contributed by atoms with Gasteiger partial charge >= 0.3 is 0 Å². The molecule has 5 heteroatoms. The van der Waals surface area contributed by atoms with Crippen LogP contribution in [0, 0.1) is 5.92 Å². The summed E-state index contributed by atoms with van der Waals surface area (Å²) >= 11 is 12.9. The number of halogens is 2. The largest absolute Gasteiger partial charge is 0.306 e. The number of hydrogen-bond donors (Lipinski definition) is 1. The highest BCUT2D eigenvalue weighted by atomic mass is 35.5. The van der Waals surface area contributed by atoms with Crippen LogP contribution in [0.15, 0.2) is 18.2 Å². The minimum absolute atomic E-state index is 0.219. The van der Waals surface area contributed by atoms with Gasteiger partial charge in [-0.15, -0.1) is 0 Å². The van der Waals surface area contributed by atoms with E-state index in [1.807, 2.05) is 12.1 Å². The molecule has 1 saturated carbocycles. The van der Waals surface area contributed by atoms with Crippen molar-refractivity contribution in [3.63, 3.8) is 0 Å². The van der Waals surface area contributed by atoms with E-state index >= 15 is 0 Å². The van der Waals surface area contributed by atoms with Gasteiger partial charge < -0.3 is 4.90 Å². The standard InChI is InChI=1S/C24H39Cl2N3/c1-4-23(21-11-8-12-22(25)24(21)26)27-18(2)29(17-19-9-6-5-7-10-19)20-13-15-28(3)16-14-20/h8,11-12,18-20,23,27H,4-7,9-10,13-17H2,1-3H3. The van der Waals surface area contributed by atoms with Gasteiger partial charge in [-0.05, 0) is 76.7 Å². The van der Waals surface area contributed by atoms with Gasteiger partial charge in [0.1, 0.15) is 0 Å². The minimum atomic E-state index is 0.219. The van der Waals surface area contributed by atoms with Crippen LogP contribution in [0.2, 0.25) is 10.0 Å². The average Bonchev–Trinajstić information content (AvgIpc) is 2.74. The Morgan fingerprint density at radius 2 is 1.79 bits per heavy atom. The molecule has 1 N–H and O–H groups in total. The van der Waals surface area contributed by atoms with Crippen LogP contribution in [0.4, 0.5) is 0 Å². The van der Waals surface area contributed by atoms with Crippen LogP contribution in [0.3, 0.4) is 0 Å². The summed E-state index contributed by atoms with van der Waals surface area (Å²) in [5, 5.41) is 5.26. The SMILES string of the molecule is CCC(NC(C)N(CC1CCCCC1)C1CCN(C)CC1)c1cccc(Cl)c1Cl. The van der Waals surface area contributed by atoms with Crippen molar-refractivity contribution in [2.24, 2.45) is 5.92 Å². The first-order valence-corrected chi connectivity index (χ1v) is 12.4. The fourth-order valence-corrected chi connectivity index (χ4v) is 5.66. The lowest BCUT2D eigenvalue weighted by Crippen LogP contribution is -2.54. The van der Waals surface area contributed by atoms with Crippen LogP contribution >= 0.6 is 23.2 Å². The molecular weight excluding hydrogens is 401 g/mol. The number of nitrogens with zero attached hydrogens (tertiary/aromatic N) is 2. The summed E-state index contributed by atoms with van der Waals surface area (Å²) in [6, 6.07) is 6.88. The third kappa shape index (κ3) is 6.33. The van der Waals surface area contributed by atoms with Crippen LogP contribution in [0.5, 0.6) is 0 Å². The summed E-state index contributed by atoms with van der Waals surface area (Å²) in [6.07, 6.45) is 10.9. The van der Waals surface area contributed by atoms with Gasteiger partial charge in [-0.25, -0.2) is 0 Å². The molecule has 2 unspecified atom stereocenters. The summed E-state index contributed by atoms with van der Waals surface area (Å²) in [5.41, 5.74) is 1.12. The molecule has 3 rings (SSSR count). The number of benzene rings is 1. The van der Waals surface area contributed by atoms with E-state index in [0.29, 0.717) is 22.3 Å². The zero-order valence-corrected chi connectivity index (χ0v) is 20.0. The van der Waals surface area contributed by atoms with E-state index in [1.54, 1.807) is 0 Å². The van der Waals surface area contributed by atoms with E-state index in [9.17, 15) is 0 Å². The fraction of sp³-hybridized carbons (Fsp3) is 0.750. The van der Waals surface area contributed by atoms with Crippen LogP contribution in [-0.4, -0.2) is 48.7 Å². The van der Waals surface area contributed by atoms with Crippen molar-refractivity contribution in [1.29, 1.82) is 0 Å². The highest BCUT2D eigenvalue weighted by Gasteiger charge is 2.30. The van der Waals surface area contributed by atoms with E-state index in [2.05, 4.69) is 42.1 Å². The van der Waals surface area contributed by atoms with Gasteiger partial charge in [0.25, 0.3) is 0 Å². The van der Waals surface area contributed by atoms with Crippen molar-refractivity contribution in [3.05, 3.63) is 33.8 Å².